The van der Waals surface area contributed by atoms with Gasteiger partial charge in [0.15, 0.2) is 0 Å². The molecule has 0 amide bonds. The van der Waals surface area contributed by atoms with Crippen LogP contribution in [-0.2, 0) is 6.42 Å². The molecule has 0 radical (unpaired) electrons. The van der Waals surface area contributed by atoms with E-state index in [-0.39, 0.29) is 0 Å². The highest BCUT2D eigenvalue weighted by molar-refractivity contribution is 7.08. The molecule has 0 aliphatic rings. The van der Waals surface area contributed by atoms with Crippen LogP contribution in [0.25, 0.3) is 0 Å². The Labute approximate surface area is 86.0 Å². The number of anilines is 1. The molecular formula is C10H11NS2. The summed E-state index contributed by atoms with van der Waals surface area (Å²) >= 11 is 3.49. The highest BCUT2D eigenvalue weighted by Crippen LogP contribution is 2.12. The van der Waals surface area contributed by atoms with Crippen LogP contribution in [0.4, 0.5) is 5.69 Å². The van der Waals surface area contributed by atoms with Gasteiger partial charge in [0, 0.05) is 17.6 Å². The van der Waals surface area contributed by atoms with Gasteiger partial charge in [-0.1, -0.05) is 0 Å². The summed E-state index contributed by atoms with van der Waals surface area (Å²) in [6.45, 7) is 1.02. The molecule has 1 nitrogen and oxygen atoms in total. The van der Waals surface area contributed by atoms with Gasteiger partial charge in [-0.05, 0) is 40.3 Å². The van der Waals surface area contributed by atoms with Crippen molar-refractivity contribution in [3.8, 4) is 0 Å². The molecule has 0 fully saturated rings. The number of nitrogens with one attached hydrogen (secondary N) is 1. The van der Waals surface area contributed by atoms with Crippen LogP contribution in [0.3, 0.4) is 0 Å². The van der Waals surface area contributed by atoms with E-state index in [0.717, 1.165) is 13.0 Å². The molecule has 3 heteroatoms. The molecule has 2 rings (SSSR count). The fourth-order valence-electron chi connectivity index (χ4n) is 1.15. The Balaban J connectivity index is 1.76. The smallest absolute Gasteiger partial charge is 0.0448 e. The predicted molar refractivity (Wildman–Crippen MR) is 60.8 cm³/mol. The van der Waals surface area contributed by atoms with Crippen molar-refractivity contribution in [3.05, 3.63) is 39.2 Å². The molecule has 2 aromatic heterocycles. The number of hydrogen-bond donors (Lipinski definition) is 1. The molecule has 0 bridgehead atoms. The van der Waals surface area contributed by atoms with E-state index in [1.54, 1.807) is 22.7 Å². The third-order valence-electron chi connectivity index (χ3n) is 1.84. The third-order valence-corrected chi connectivity index (χ3v) is 3.26. The lowest BCUT2D eigenvalue weighted by Crippen LogP contribution is -2.02. The van der Waals surface area contributed by atoms with E-state index in [0.29, 0.717) is 0 Å². The summed E-state index contributed by atoms with van der Waals surface area (Å²) in [7, 11) is 0. The maximum absolute atomic E-state index is 3.38. The Bertz CT molecular complexity index is 289. The first kappa shape index (κ1) is 8.78. The molecule has 0 spiro atoms. The van der Waals surface area contributed by atoms with Crippen LogP contribution in [0, 0.1) is 0 Å². The van der Waals surface area contributed by atoms with Crippen LogP contribution in [-0.4, -0.2) is 6.54 Å². The van der Waals surface area contributed by atoms with Crippen LogP contribution >= 0.6 is 22.7 Å². The van der Waals surface area contributed by atoms with Gasteiger partial charge in [0.05, 0.1) is 0 Å². The Kier molecular flexibility index (Phi) is 3.00. The van der Waals surface area contributed by atoms with Crippen LogP contribution in [0.5, 0.6) is 0 Å². The van der Waals surface area contributed by atoms with Gasteiger partial charge < -0.3 is 5.32 Å². The minimum atomic E-state index is 1.02. The van der Waals surface area contributed by atoms with Crippen molar-refractivity contribution in [1.29, 1.82) is 0 Å². The van der Waals surface area contributed by atoms with Crippen molar-refractivity contribution < 1.29 is 0 Å². The maximum Gasteiger partial charge on any atom is 0.0448 e. The second-order valence-electron chi connectivity index (χ2n) is 2.82. The van der Waals surface area contributed by atoms with Crippen LogP contribution in [0.1, 0.15) is 5.56 Å². The zero-order valence-electron chi connectivity index (χ0n) is 7.19. The van der Waals surface area contributed by atoms with E-state index in [9.17, 15) is 0 Å². The molecular weight excluding hydrogens is 198 g/mol. The molecule has 2 aromatic rings. The topological polar surface area (TPSA) is 12.0 Å². The first-order valence-corrected chi connectivity index (χ1v) is 6.11. The van der Waals surface area contributed by atoms with Gasteiger partial charge >= 0.3 is 0 Å². The normalized spacial score (nSPS) is 10.2. The Morgan fingerprint density at radius 2 is 1.92 bits per heavy atom. The zero-order chi connectivity index (χ0) is 8.93. The predicted octanol–water partition coefficient (Wildman–Crippen LogP) is 3.46. The summed E-state index contributed by atoms with van der Waals surface area (Å²) in [5.74, 6) is 0. The summed E-state index contributed by atoms with van der Waals surface area (Å²) in [5.41, 5.74) is 2.66. The third kappa shape index (κ3) is 2.57. The minimum Gasteiger partial charge on any atom is -0.384 e. The van der Waals surface area contributed by atoms with Crippen LogP contribution < -0.4 is 5.32 Å². The van der Waals surface area contributed by atoms with Crippen LogP contribution in [0.15, 0.2) is 33.7 Å². The van der Waals surface area contributed by atoms with Gasteiger partial charge in [-0.2, -0.15) is 22.7 Å². The summed E-state index contributed by atoms with van der Waals surface area (Å²) < 4.78 is 0. The molecule has 1 N–H and O–H groups in total. The van der Waals surface area contributed by atoms with Crippen molar-refractivity contribution in [1.82, 2.24) is 0 Å². The Morgan fingerprint density at radius 1 is 1.08 bits per heavy atom. The van der Waals surface area contributed by atoms with Crippen molar-refractivity contribution in [3.63, 3.8) is 0 Å². The van der Waals surface area contributed by atoms with Crippen molar-refractivity contribution >= 4 is 28.4 Å². The standard InChI is InChI=1S/C10H11NS2/c1(9-2-5-12-7-9)4-11-10-3-6-13-8-10/h2-3,5-8,11H,1,4H2. The molecule has 0 aromatic carbocycles. The fraction of sp³-hybridized carbons (Fsp3) is 0.200. The van der Waals surface area contributed by atoms with Crippen molar-refractivity contribution in [2.45, 2.75) is 6.42 Å². The van der Waals surface area contributed by atoms with E-state index in [2.05, 4.69) is 39.0 Å². The van der Waals surface area contributed by atoms with E-state index in [1.807, 2.05) is 0 Å². The molecule has 0 aliphatic heterocycles. The number of rotatable bonds is 4. The number of thiophene rings is 2. The molecule has 13 heavy (non-hydrogen) atoms. The van der Waals surface area contributed by atoms with Crippen molar-refractivity contribution in [2.24, 2.45) is 0 Å². The van der Waals surface area contributed by atoms with Gasteiger partial charge in [-0.15, -0.1) is 0 Å². The molecule has 0 unspecified atom stereocenters. The van der Waals surface area contributed by atoms with Gasteiger partial charge in [0.25, 0.3) is 0 Å². The molecule has 0 saturated carbocycles. The van der Waals surface area contributed by atoms with Gasteiger partial charge in [-0.3, -0.25) is 0 Å². The lowest BCUT2D eigenvalue weighted by molar-refractivity contribution is 1.03. The molecule has 0 atom stereocenters. The van der Waals surface area contributed by atoms with Crippen molar-refractivity contribution in [2.75, 3.05) is 11.9 Å². The average molecular weight is 209 g/mol. The van der Waals surface area contributed by atoms with Gasteiger partial charge in [-0.25, -0.2) is 0 Å². The average Bonchev–Trinajstić information content (AvgIpc) is 2.75. The van der Waals surface area contributed by atoms with E-state index in [4.69, 9.17) is 0 Å². The second kappa shape index (κ2) is 4.44. The highest BCUT2D eigenvalue weighted by atomic mass is 32.1. The lowest BCUT2D eigenvalue weighted by atomic mass is 10.2. The summed E-state index contributed by atoms with van der Waals surface area (Å²) in [6, 6.07) is 4.29. The first-order valence-electron chi connectivity index (χ1n) is 4.22. The molecule has 68 valence electrons. The zero-order valence-corrected chi connectivity index (χ0v) is 8.83. The SMILES string of the molecule is c1cc(CCNc2ccsc2)cs1. The highest BCUT2D eigenvalue weighted by Gasteiger charge is 1.93. The quantitative estimate of drug-likeness (QED) is 0.813. The lowest BCUT2D eigenvalue weighted by Gasteiger charge is -2.01. The maximum atomic E-state index is 3.38. The minimum absolute atomic E-state index is 1.02. The summed E-state index contributed by atoms with van der Waals surface area (Å²) in [6.07, 6.45) is 1.11. The second-order valence-corrected chi connectivity index (χ2v) is 4.38. The van der Waals surface area contributed by atoms with E-state index < -0.39 is 0 Å². The van der Waals surface area contributed by atoms with Gasteiger partial charge in [0.2, 0.25) is 0 Å². The first-order chi connectivity index (χ1) is 6.45. The molecule has 0 saturated heterocycles. The fourth-order valence-corrected chi connectivity index (χ4v) is 2.47. The summed E-state index contributed by atoms with van der Waals surface area (Å²) in [5, 5.41) is 11.9. The Morgan fingerprint density at radius 3 is 2.62 bits per heavy atom. The monoisotopic (exact) mass is 209 g/mol. The number of hydrogen-bond acceptors (Lipinski definition) is 3. The summed E-state index contributed by atoms with van der Waals surface area (Å²) in [4.78, 5) is 0. The molecule has 0 aliphatic carbocycles. The van der Waals surface area contributed by atoms with Crippen LogP contribution in [0.2, 0.25) is 0 Å². The van der Waals surface area contributed by atoms with E-state index >= 15 is 0 Å². The van der Waals surface area contributed by atoms with E-state index in [1.165, 1.54) is 11.3 Å². The Hall–Kier alpha value is -0.800. The van der Waals surface area contributed by atoms with Gasteiger partial charge in [0.1, 0.15) is 0 Å². The largest absolute Gasteiger partial charge is 0.384 e. The molecule has 2 heterocycles.